The van der Waals surface area contributed by atoms with E-state index in [1.807, 2.05) is 11.0 Å². The summed E-state index contributed by atoms with van der Waals surface area (Å²) >= 11 is 0. The second-order valence-corrected chi connectivity index (χ2v) is 6.87. The van der Waals surface area contributed by atoms with E-state index in [1.54, 1.807) is 6.07 Å². The van der Waals surface area contributed by atoms with E-state index in [0.717, 1.165) is 45.2 Å². The van der Waals surface area contributed by atoms with Gasteiger partial charge in [-0.3, -0.25) is 4.79 Å². The summed E-state index contributed by atoms with van der Waals surface area (Å²) in [6, 6.07) is 13.4. The highest BCUT2D eigenvalue weighted by molar-refractivity contribution is 5.95. The highest BCUT2D eigenvalue weighted by atomic mass is 16.4. The number of carbonyl (C=O) groups excluding carboxylic acids is 1. The fourth-order valence-electron chi connectivity index (χ4n) is 3.55. The van der Waals surface area contributed by atoms with Crippen LogP contribution in [-0.2, 0) is 6.42 Å². The predicted molar refractivity (Wildman–Crippen MR) is 99.2 cm³/mol. The first kappa shape index (κ1) is 18.1. The number of nitrogens with zero attached hydrogens (tertiary/aromatic N) is 2. The molecule has 1 aliphatic rings. The molecule has 1 aliphatic heterocycles. The zero-order chi connectivity index (χ0) is 18.4. The number of aryl methyl sites for hydroxylation is 1. The van der Waals surface area contributed by atoms with Crippen LogP contribution < -0.4 is 0 Å². The monoisotopic (exact) mass is 352 g/mol. The number of pyridine rings is 1. The molecule has 2 aromatic rings. The Balaban J connectivity index is 1.52. The summed E-state index contributed by atoms with van der Waals surface area (Å²) in [6.07, 6.45) is 6.87. The van der Waals surface area contributed by atoms with Gasteiger partial charge in [-0.1, -0.05) is 30.3 Å². The number of benzene rings is 1. The summed E-state index contributed by atoms with van der Waals surface area (Å²) < 4.78 is 0. The topological polar surface area (TPSA) is 70.5 Å². The molecule has 0 aliphatic carbocycles. The molecule has 1 amide bonds. The van der Waals surface area contributed by atoms with E-state index in [1.165, 1.54) is 17.8 Å². The first-order valence-corrected chi connectivity index (χ1v) is 9.16. The van der Waals surface area contributed by atoms with Crippen LogP contribution in [0.2, 0.25) is 0 Å². The summed E-state index contributed by atoms with van der Waals surface area (Å²) in [5.74, 6) is -0.606. The highest BCUT2D eigenvalue weighted by Gasteiger charge is 2.24. The van der Waals surface area contributed by atoms with Crippen molar-refractivity contribution in [3.05, 3.63) is 65.5 Å². The van der Waals surface area contributed by atoms with E-state index in [9.17, 15) is 9.59 Å². The lowest BCUT2D eigenvalue weighted by molar-refractivity contribution is 0.0659. The molecule has 1 aromatic carbocycles. The number of carboxylic acids is 1. The molecule has 1 unspecified atom stereocenters. The fourth-order valence-corrected chi connectivity index (χ4v) is 3.55. The molecule has 1 N–H and O–H groups in total. The van der Waals surface area contributed by atoms with Crippen molar-refractivity contribution in [1.29, 1.82) is 0 Å². The zero-order valence-electron chi connectivity index (χ0n) is 14.8. The van der Waals surface area contributed by atoms with Crippen molar-refractivity contribution in [2.24, 2.45) is 5.92 Å². The van der Waals surface area contributed by atoms with Gasteiger partial charge in [0.25, 0.3) is 5.91 Å². The third-order valence-corrected chi connectivity index (χ3v) is 4.96. The maximum atomic E-state index is 12.7. The molecule has 5 nitrogen and oxygen atoms in total. The Labute approximate surface area is 153 Å². The van der Waals surface area contributed by atoms with Crippen LogP contribution >= 0.6 is 0 Å². The normalized spacial score (nSPS) is 17.1. The van der Waals surface area contributed by atoms with Crippen molar-refractivity contribution in [2.45, 2.75) is 32.1 Å². The number of hydrogen-bond donors (Lipinski definition) is 1. The maximum absolute atomic E-state index is 12.7. The standard InChI is InChI=1S/C21H24N2O3/c24-20(18-11-12-19(21(25)26)22-14-18)23-13-5-10-17(15-23)9-4-8-16-6-2-1-3-7-16/h1-3,6-7,11-12,14,17H,4-5,8-10,13,15H2,(H,25,26). The molecule has 1 atom stereocenters. The van der Waals surface area contributed by atoms with Gasteiger partial charge in [0.05, 0.1) is 5.56 Å². The third kappa shape index (κ3) is 4.69. The molecule has 0 saturated carbocycles. The molecule has 0 radical (unpaired) electrons. The quantitative estimate of drug-likeness (QED) is 0.861. The van der Waals surface area contributed by atoms with E-state index in [-0.39, 0.29) is 11.6 Å². The number of piperidine rings is 1. The summed E-state index contributed by atoms with van der Waals surface area (Å²) in [7, 11) is 0. The SMILES string of the molecule is O=C(O)c1ccc(C(=O)N2CCCC(CCCc3ccccc3)C2)cn1. The average molecular weight is 352 g/mol. The van der Waals surface area contributed by atoms with Gasteiger partial charge in [-0.25, -0.2) is 9.78 Å². The first-order chi connectivity index (χ1) is 12.6. The number of rotatable bonds is 6. The highest BCUT2D eigenvalue weighted by Crippen LogP contribution is 2.23. The number of hydrogen-bond acceptors (Lipinski definition) is 3. The number of likely N-dealkylation sites (tertiary alicyclic amines) is 1. The van der Waals surface area contributed by atoms with Gasteiger partial charge in [0, 0.05) is 19.3 Å². The second-order valence-electron chi connectivity index (χ2n) is 6.87. The number of aromatic nitrogens is 1. The number of carbonyl (C=O) groups is 2. The molecule has 136 valence electrons. The molecule has 26 heavy (non-hydrogen) atoms. The van der Waals surface area contributed by atoms with Crippen molar-refractivity contribution in [1.82, 2.24) is 9.88 Å². The molecule has 1 saturated heterocycles. The Morgan fingerprint density at radius 1 is 1.15 bits per heavy atom. The minimum Gasteiger partial charge on any atom is -0.477 e. The summed E-state index contributed by atoms with van der Waals surface area (Å²) in [6.45, 7) is 1.53. The van der Waals surface area contributed by atoms with Crippen LogP contribution in [0.3, 0.4) is 0 Å². The fraction of sp³-hybridized carbons (Fsp3) is 0.381. The van der Waals surface area contributed by atoms with Gasteiger partial charge in [-0.2, -0.15) is 0 Å². The summed E-state index contributed by atoms with van der Waals surface area (Å²) in [5, 5.41) is 8.90. The Morgan fingerprint density at radius 3 is 2.65 bits per heavy atom. The van der Waals surface area contributed by atoms with E-state index < -0.39 is 5.97 Å². The van der Waals surface area contributed by atoms with Gasteiger partial charge in [0.1, 0.15) is 5.69 Å². The van der Waals surface area contributed by atoms with Gasteiger partial charge in [0.2, 0.25) is 0 Å². The molecule has 3 rings (SSSR count). The average Bonchev–Trinajstić information content (AvgIpc) is 2.68. The Kier molecular flexibility index (Phi) is 6.00. The Bertz CT molecular complexity index is 744. The van der Waals surface area contributed by atoms with Gasteiger partial charge in [-0.05, 0) is 55.7 Å². The lowest BCUT2D eigenvalue weighted by atomic mass is 9.91. The van der Waals surface area contributed by atoms with Crippen molar-refractivity contribution in [3.8, 4) is 0 Å². The minimum atomic E-state index is -1.08. The van der Waals surface area contributed by atoms with E-state index in [0.29, 0.717) is 11.5 Å². The van der Waals surface area contributed by atoms with Crippen LogP contribution in [0, 0.1) is 5.92 Å². The van der Waals surface area contributed by atoms with Crippen LogP contribution in [0.25, 0.3) is 0 Å². The summed E-state index contributed by atoms with van der Waals surface area (Å²) in [4.78, 5) is 29.3. The van der Waals surface area contributed by atoms with Gasteiger partial charge in [0.15, 0.2) is 0 Å². The van der Waals surface area contributed by atoms with Gasteiger partial charge >= 0.3 is 5.97 Å². The van der Waals surface area contributed by atoms with Crippen LogP contribution in [0.1, 0.15) is 52.1 Å². The van der Waals surface area contributed by atoms with Crippen LogP contribution in [0.15, 0.2) is 48.7 Å². The summed E-state index contributed by atoms with van der Waals surface area (Å²) in [5.41, 5.74) is 1.78. The largest absolute Gasteiger partial charge is 0.477 e. The first-order valence-electron chi connectivity index (χ1n) is 9.16. The lowest BCUT2D eigenvalue weighted by Crippen LogP contribution is -2.40. The van der Waals surface area contributed by atoms with E-state index in [2.05, 4.69) is 29.2 Å². The molecule has 2 heterocycles. The van der Waals surface area contributed by atoms with Crippen LogP contribution in [0.4, 0.5) is 0 Å². The zero-order valence-corrected chi connectivity index (χ0v) is 14.8. The molecule has 1 aromatic heterocycles. The molecular formula is C21H24N2O3. The van der Waals surface area contributed by atoms with Crippen molar-refractivity contribution in [3.63, 3.8) is 0 Å². The predicted octanol–water partition coefficient (Wildman–Crippen LogP) is 3.65. The molecule has 0 bridgehead atoms. The van der Waals surface area contributed by atoms with Crippen molar-refractivity contribution in [2.75, 3.05) is 13.1 Å². The van der Waals surface area contributed by atoms with Crippen molar-refractivity contribution < 1.29 is 14.7 Å². The van der Waals surface area contributed by atoms with Crippen molar-refractivity contribution >= 4 is 11.9 Å². The van der Waals surface area contributed by atoms with E-state index >= 15 is 0 Å². The molecule has 5 heteroatoms. The molecule has 1 fully saturated rings. The molecular weight excluding hydrogens is 328 g/mol. The number of aromatic carboxylic acids is 1. The third-order valence-electron chi connectivity index (χ3n) is 4.96. The number of amides is 1. The van der Waals surface area contributed by atoms with Crippen LogP contribution in [0.5, 0.6) is 0 Å². The van der Waals surface area contributed by atoms with Crippen LogP contribution in [-0.4, -0.2) is 40.0 Å². The molecule has 0 spiro atoms. The maximum Gasteiger partial charge on any atom is 0.354 e. The lowest BCUT2D eigenvalue weighted by Gasteiger charge is -2.33. The second kappa shape index (κ2) is 8.61. The van der Waals surface area contributed by atoms with E-state index in [4.69, 9.17) is 5.11 Å². The Hall–Kier alpha value is -2.69. The van der Waals surface area contributed by atoms with Gasteiger partial charge < -0.3 is 10.0 Å². The van der Waals surface area contributed by atoms with Gasteiger partial charge in [-0.15, -0.1) is 0 Å². The number of carboxylic acid groups (broad SMARTS) is 1. The Morgan fingerprint density at radius 2 is 1.96 bits per heavy atom. The minimum absolute atomic E-state index is 0.0426. The smallest absolute Gasteiger partial charge is 0.354 e.